The number of benzene rings is 1. The largest absolute Gasteiger partial charge is 0.391 e. The fourth-order valence-electron chi connectivity index (χ4n) is 2.13. The zero-order valence-corrected chi connectivity index (χ0v) is 19.3. The Balaban J connectivity index is 3.11. The minimum absolute atomic E-state index is 0.174. The number of hydrogen-bond donors (Lipinski definition) is 0. The molecule has 0 radical (unpaired) electrons. The molecule has 0 saturated heterocycles. The lowest BCUT2D eigenvalue weighted by Crippen LogP contribution is -2.41. The Morgan fingerprint density at radius 3 is 1.91 bits per heavy atom. The Labute approximate surface area is 141 Å². The first-order valence-electron chi connectivity index (χ1n) is 8.22. The Morgan fingerprint density at radius 1 is 1.00 bits per heavy atom. The summed E-state index contributed by atoms with van der Waals surface area (Å²) in [6.45, 7) is 13.4. The maximum absolute atomic E-state index is 6.40. The highest BCUT2D eigenvalue weighted by atomic mass is 28.4. The third kappa shape index (κ3) is 8.24. The molecule has 0 heterocycles. The molecule has 0 fully saturated rings. The molecule has 5 heteroatoms. The van der Waals surface area contributed by atoms with Gasteiger partial charge in [-0.15, -0.1) is 0 Å². The van der Waals surface area contributed by atoms with Gasteiger partial charge in [-0.25, -0.2) is 0 Å². The molecule has 124 valence electrons. The van der Waals surface area contributed by atoms with Gasteiger partial charge in [0.05, 0.1) is 0 Å². The Kier molecular flexibility index (Phi) is 7.48. The number of hydrogen-bond acceptors (Lipinski definition) is 2. The van der Waals surface area contributed by atoms with Gasteiger partial charge in [0.15, 0.2) is 22.9 Å². The molecule has 0 amide bonds. The first-order chi connectivity index (χ1) is 10.1. The molecule has 0 atom stereocenters. The van der Waals surface area contributed by atoms with Crippen molar-refractivity contribution in [1.82, 2.24) is 0 Å². The highest BCUT2D eigenvalue weighted by molar-refractivity contribution is 6.70. The highest BCUT2D eigenvalue weighted by Crippen LogP contribution is 2.25. The maximum Gasteiger partial charge on any atom is 0.187 e. The van der Waals surface area contributed by atoms with Crippen molar-refractivity contribution in [2.45, 2.75) is 58.0 Å². The van der Waals surface area contributed by atoms with Gasteiger partial charge in [0.25, 0.3) is 0 Å². The molecule has 1 aromatic carbocycles. The van der Waals surface area contributed by atoms with E-state index in [4.69, 9.17) is 8.85 Å². The van der Waals surface area contributed by atoms with E-state index in [0.29, 0.717) is 0 Å². The summed E-state index contributed by atoms with van der Waals surface area (Å²) in [7, 11) is -2.12. The van der Waals surface area contributed by atoms with Gasteiger partial charge in [0.1, 0.15) is 0 Å². The maximum atomic E-state index is 6.40. The molecule has 0 aliphatic rings. The van der Waals surface area contributed by atoms with Gasteiger partial charge in [-0.2, -0.15) is 0 Å². The third-order valence-corrected chi connectivity index (χ3v) is 5.26. The smallest absolute Gasteiger partial charge is 0.187 e. The molecule has 0 N–H and O–H groups in total. The molecule has 0 aliphatic carbocycles. The second-order valence-electron chi connectivity index (χ2n) is 7.67. The van der Waals surface area contributed by atoms with Crippen LogP contribution in [0.3, 0.4) is 0 Å². The molecule has 1 aromatic rings. The average Bonchev–Trinajstić information content (AvgIpc) is 2.35. The van der Waals surface area contributed by atoms with E-state index in [1.807, 2.05) is 0 Å². The minimum Gasteiger partial charge on any atom is -0.391 e. The quantitative estimate of drug-likeness (QED) is 0.514. The topological polar surface area (TPSA) is 18.5 Å². The summed E-state index contributed by atoms with van der Waals surface area (Å²) in [5.74, 6) is 0. The van der Waals surface area contributed by atoms with Crippen LogP contribution in [0.25, 0.3) is 6.08 Å². The van der Waals surface area contributed by atoms with E-state index < -0.39 is 16.6 Å². The van der Waals surface area contributed by atoms with Crippen LogP contribution in [0, 0.1) is 0 Å². The lowest BCUT2D eigenvalue weighted by atomic mass is 10.1. The summed E-state index contributed by atoms with van der Waals surface area (Å²) in [5.41, 5.74) is 2.53. The minimum atomic E-state index is -1.66. The third-order valence-electron chi connectivity index (χ3n) is 2.91. The average molecular weight is 353 g/mol. The normalized spacial score (nSPS) is 13.9. The molecule has 0 saturated carbocycles. The lowest BCUT2D eigenvalue weighted by Gasteiger charge is -2.33. The van der Waals surface area contributed by atoms with E-state index in [0.717, 1.165) is 6.42 Å². The van der Waals surface area contributed by atoms with Crippen LogP contribution in [-0.2, 0) is 8.85 Å². The Bertz CT molecular complexity index is 457. The van der Waals surface area contributed by atoms with Crippen LogP contribution >= 0.6 is 0 Å². The molecule has 0 aromatic heterocycles. The van der Waals surface area contributed by atoms with Crippen molar-refractivity contribution in [3.05, 3.63) is 41.5 Å². The summed E-state index contributed by atoms with van der Waals surface area (Å²) in [6, 6.07) is 11.7. The fourth-order valence-corrected chi connectivity index (χ4v) is 4.48. The van der Waals surface area contributed by atoms with Crippen molar-refractivity contribution >= 4 is 33.0 Å². The van der Waals surface area contributed by atoms with Crippen LogP contribution in [0.2, 0.25) is 45.3 Å². The molecule has 2 nitrogen and oxygen atoms in total. The molecule has 1 rings (SSSR count). The fraction of sp³-hybridized carbons (Fsp3) is 0.529. The van der Waals surface area contributed by atoms with E-state index in [9.17, 15) is 0 Å². The van der Waals surface area contributed by atoms with E-state index in [1.54, 1.807) is 0 Å². The lowest BCUT2D eigenvalue weighted by molar-refractivity contribution is 0.0229. The van der Waals surface area contributed by atoms with Crippen LogP contribution in [-0.4, -0.2) is 33.2 Å². The summed E-state index contributed by atoms with van der Waals surface area (Å²) < 4.78 is 12.8. The molecular formula is C17H32O2Si3. The van der Waals surface area contributed by atoms with Crippen molar-refractivity contribution < 1.29 is 8.85 Å². The molecular weight excluding hydrogens is 320 g/mol. The van der Waals surface area contributed by atoms with E-state index in [1.165, 1.54) is 27.4 Å². The molecule has 0 unspecified atom stereocenters. The van der Waals surface area contributed by atoms with E-state index >= 15 is 0 Å². The van der Waals surface area contributed by atoms with Crippen LogP contribution in [0.15, 0.2) is 35.9 Å². The molecule has 22 heavy (non-hydrogen) atoms. The summed E-state index contributed by atoms with van der Waals surface area (Å²) >= 11 is 0. The van der Waals surface area contributed by atoms with E-state index in [2.05, 4.69) is 75.7 Å². The second-order valence-corrected chi connectivity index (χ2v) is 17.6. The molecule has 0 spiro atoms. The van der Waals surface area contributed by atoms with Crippen molar-refractivity contribution in [3.63, 3.8) is 0 Å². The standard InChI is InChI=1S/C17H32O2Si3/c1-21(2,3)18-17(19-22(4,5)6)16(12-13-20)14-15-10-8-7-9-11-15/h7-11,14,17H,12-13H2,1-6,20H3. The first-order valence-corrected chi connectivity index (χ1v) is 16.4. The van der Waals surface area contributed by atoms with E-state index in [-0.39, 0.29) is 6.29 Å². The van der Waals surface area contributed by atoms with Gasteiger partial charge < -0.3 is 8.85 Å². The monoisotopic (exact) mass is 352 g/mol. The van der Waals surface area contributed by atoms with Crippen molar-refractivity contribution in [2.75, 3.05) is 0 Å². The predicted octanol–water partition coefficient (Wildman–Crippen LogP) is 4.27. The Hall–Kier alpha value is -0.469. The van der Waals surface area contributed by atoms with Crippen LogP contribution in [0.1, 0.15) is 12.0 Å². The summed E-state index contributed by atoms with van der Waals surface area (Å²) in [4.78, 5) is 0. The van der Waals surface area contributed by atoms with Gasteiger partial charge in [-0.05, 0) is 56.8 Å². The van der Waals surface area contributed by atoms with Crippen LogP contribution < -0.4 is 0 Å². The molecule has 0 bridgehead atoms. The van der Waals surface area contributed by atoms with Crippen LogP contribution in [0.5, 0.6) is 0 Å². The summed E-state index contributed by atoms with van der Waals surface area (Å²) in [6.07, 6.45) is 3.16. The molecule has 0 aliphatic heterocycles. The zero-order valence-electron chi connectivity index (χ0n) is 15.3. The van der Waals surface area contributed by atoms with Crippen molar-refractivity contribution in [3.8, 4) is 0 Å². The Morgan fingerprint density at radius 2 is 1.50 bits per heavy atom. The van der Waals surface area contributed by atoms with Crippen LogP contribution in [0.4, 0.5) is 0 Å². The van der Waals surface area contributed by atoms with Gasteiger partial charge in [0.2, 0.25) is 0 Å². The SMILES string of the molecule is C[Si](C)(C)OC(O[Si](C)(C)C)C(=Cc1ccccc1)CC[SiH3]. The summed E-state index contributed by atoms with van der Waals surface area (Å²) in [5, 5.41) is 0. The number of rotatable bonds is 8. The predicted molar refractivity (Wildman–Crippen MR) is 106 cm³/mol. The van der Waals surface area contributed by atoms with Gasteiger partial charge in [-0.1, -0.05) is 42.5 Å². The zero-order chi connectivity index (χ0) is 16.8. The second kappa shape index (κ2) is 8.40. The van der Waals surface area contributed by atoms with Gasteiger partial charge in [-0.3, -0.25) is 0 Å². The van der Waals surface area contributed by atoms with Crippen molar-refractivity contribution in [1.29, 1.82) is 0 Å². The first kappa shape index (κ1) is 19.6. The highest BCUT2D eigenvalue weighted by Gasteiger charge is 2.29. The van der Waals surface area contributed by atoms with Gasteiger partial charge in [0, 0.05) is 10.2 Å². The van der Waals surface area contributed by atoms with Crippen molar-refractivity contribution in [2.24, 2.45) is 0 Å². The van der Waals surface area contributed by atoms with Gasteiger partial charge >= 0.3 is 0 Å².